The number of rotatable bonds is 16. The predicted octanol–water partition coefficient (Wildman–Crippen LogP) is 3.81. The average Bonchev–Trinajstić information content (AvgIpc) is 3.64. The van der Waals surface area contributed by atoms with Crippen LogP contribution in [0.5, 0.6) is 0 Å². The molecule has 4 unspecified atom stereocenters. The van der Waals surface area contributed by atoms with E-state index < -0.39 is 72.2 Å². The zero-order chi connectivity index (χ0) is 46.2. The minimum atomic E-state index is -3.75. The van der Waals surface area contributed by atoms with Crippen LogP contribution >= 0.6 is 7.52 Å². The first kappa shape index (κ1) is 46.0. The van der Waals surface area contributed by atoms with Crippen LogP contribution in [0.25, 0.3) is 22.3 Å². The summed E-state index contributed by atoms with van der Waals surface area (Å²) in [5, 5.41) is 32.0. The third-order valence-corrected chi connectivity index (χ3v) is 13.5. The highest BCUT2D eigenvalue weighted by atomic mass is 31.2. The summed E-state index contributed by atoms with van der Waals surface area (Å²) in [6.07, 6.45) is 6.17. The first-order chi connectivity index (χ1) is 30.4. The summed E-state index contributed by atoms with van der Waals surface area (Å²) in [6, 6.07) is 5.96. The minimum Gasteiger partial charge on any atom is -0.458 e. The van der Waals surface area contributed by atoms with E-state index in [4.69, 9.17) is 30.5 Å². The van der Waals surface area contributed by atoms with Crippen molar-refractivity contribution in [1.82, 2.24) is 25.5 Å². The van der Waals surface area contributed by atoms with Crippen molar-refractivity contribution in [2.75, 3.05) is 31.5 Å². The second-order valence-corrected chi connectivity index (χ2v) is 18.2. The number of halogens is 1. The van der Waals surface area contributed by atoms with Crippen LogP contribution < -0.4 is 26.6 Å². The fraction of sp³-hybridized carbons (Fsp3) is 0.422. The van der Waals surface area contributed by atoms with E-state index in [1.165, 1.54) is 41.8 Å². The molecule has 0 spiro atoms. The van der Waals surface area contributed by atoms with Crippen molar-refractivity contribution < 1.29 is 52.3 Å². The fourth-order valence-electron chi connectivity index (χ4n) is 8.48. The molecule has 6 N–H and O–H groups in total. The van der Waals surface area contributed by atoms with Gasteiger partial charge in [-0.2, -0.15) is 0 Å². The number of esters is 1. The average molecular weight is 901 g/mol. The SMILES string of the molecule is C#CP(=O)(Nc1ccc(C(=O)N[C@H](C(=O)NC(C)C(=O)NC2CCc3c(C)c(F)cc4nc5c(c2c34)Cn2c-5cc3c(c2=O)COC(=O)C3(O)CC)C(C)C)cc1)OCCOCCO. The Morgan fingerprint density at radius 3 is 2.48 bits per heavy atom. The molecule has 2 aromatic heterocycles. The Morgan fingerprint density at radius 2 is 1.81 bits per heavy atom. The number of nitrogens with zero attached hydrogens (tertiary/aromatic N) is 2. The highest BCUT2D eigenvalue weighted by Gasteiger charge is 2.46. The lowest BCUT2D eigenvalue weighted by molar-refractivity contribution is -0.172. The van der Waals surface area contributed by atoms with Crippen molar-refractivity contribution >= 4 is 47.8 Å². The zero-order valence-electron chi connectivity index (χ0n) is 36.0. The van der Waals surface area contributed by atoms with Gasteiger partial charge in [-0.05, 0) is 86.1 Å². The maximum Gasteiger partial charge on any atom is 0.367 e. The van der Waals surface area contributed by atoms with E-state index >= 15 is 4.39 Å². The maximum atomic E-state index is 15.4. The Morgan fingerprint density at radius 1 is 1.08 bits per heavy atom. The second kappa shape index (κ2) is 18.3. The zero-order valence-corrected chi connectivity index (χ0v) is 36.9. The summed E-state index contributed by atoms with van der Waals surface area (Å²) < 4.78 is 45.5. The van der Waals surface area contributed by atoms with Gasteiger partial charge in [0, 0.05) is 39.5 Å². The monoisotopic (exact) mass is 900 g/mol. The maximum absolute atomic E-state index is 15.4. The Bertz CT molecular complexity index is 2720. The smallest absolute Gasteiger partial charge is 0.367 e. The molecule has 17 nitrogen and oxygen atoms in total. The number of cyclic esters (lactones) is 1. The van der Waals surface area contributed by atoms with Crippen LogP contribution in [-0.4, -0.2) is 82.0 Å². The molecule has 0 saturated carbocycles. The Kier molecular flexibility index (Phi) is 13.1. The molecule has 4 heterocycles. The number of carbonyl (C=O) groups is 4. The van der Waals surface area contributed by atoms with Crippen LogP contribution in [0.2, 0.25) is 0 Å². The molecule has 19 heteroatoms. The van der Waals surface area contributed by atoms with Gasteiger partial charge >= 0.3 is 13.5 Å². The molecule has 2 aliphatic heterocycles. The number of terminal acetylenes is 1. The van der Waals surface area contributed by atoms with Gasteiger partial charge in [-0.25, -0.2) is 14.2 Å². The number of aliphatic hydroxyl groups excluding tert-OH is 1. The summed E-state index contributed by atoms with van der Waals surface area (Å²) >= 11 is 0. The van der Waals surface area contributed by atoms with E-state index in [0.717, 1.165) is 5.56 Å². The quantitative estimate of drug-likeness (QED) is 0.0358. The van der Waals surface area contributed by atoms with Crippen LogP contribution in [0.1, 0.15) is 90.3 Å². The van der Waals surface area contributed by atoms with Crippen LogP contribution in [0.3, 0.4) is 0 Å². The first-order valence-corrected chi connectivity index (χ1v) is 22.6. The third kappa shape index (κ3) is 8.53. The topological polar surface area (TPSA) is 237 Å². The largest absolute Gasteiger partial charge is 0.458 e. The highest BCUT2D eigenvalue weighted by molar-refractivity contribution is 7.65. The lowest BCUT2D eigenvalue weighted by atomic mass is 9.81. The van der Waals surface area contributed by atoms with Crippen molar-refractivity contribution in [3.05, 3.63) is 91.5 Å². The normalized spacial score (nSPS) is 19.0. The number of carbonyl (C=O) groups excluding carboxylic acids is 4. The predicted molar refractivity (Wildman–Crippen MR) is 232 cm³/mol. The van der Waals surface area contributed by atoms with Gasteiger partial charge in [0.1, 0.15) is 24.5 Å². The van der Waals surface area contributed by atoms with E-state index in [1.807, 2.05) is 0 Å². The molecule has 5 atom stereocenters. The number of nitrogens with one attached hydrogen (secondary N) is 4. The Balaban J connectivity index is 1.08. The van der Waals surface area contributed by atoms with Crippen molar-refractivity contribution in [3.63, 3.8) is 0 Å². The number of aryl methyl sites for hydroxylation is 1. The molecule has 4 aromatic rings. The molecule has 338 valence electrons. The Labute approximate surface area is 368 Å². The van der Waals surface area contributed by atoms with Gasteiger partial charge in [0.15, 0.2) is 5.60 Å². The van der Waals surface area contributed by atoms with Crippen LogP contribution in [-0.2, 0) is 58.1 Å². The molecule has 1 aliphatic carbocycles. The number of fused-ring (bicyclic) bond motifs is 5. The van der Waals surface area contributed by atoms with Crippen LogP contribution in [0.15, 0.2) is 41.2 Å². The number of anilines is 1. The molecule has 0 fully saturated rings. The van der Waals surface area contributed by atoms with Crippen molar-refractivity contribution in [3.8, 4) is 23.5 Å². The number of benzene rings is 2. The van der Waals surface area contributed by atoms with Gasteiger partial charge in [-0.3, -0.25) is 23.7 Å². The Hall–Kier alpha value is -5.96. The standard InChI is InChI=1S/C45H50FN6O11P/c1-7-45(59)31-19-35-39-29(21-52(35)43(57)30(31)22-62-44(45)58)37-33(14-13-28-24(5)32(46)20-34(48-39)36(28)37)49-40(54)25(6)47-42(56)38(23(3)4)50-41(55)26-9-11-27(12-10-26)51-64(60,8-2)63-18-17-61-16-15-53/h2,9-12,19-20,23,25,33,38,53,59H,7,13-18,21-22H2,1,3-6H3,(H,47,56)(H,49,54)(H,50,55)(H,51,60)/t25?,33?,38-,45?,64?/m0/s1. The molecule has 3 amide bonds. The van der Waals surface area contributed by atoms with E-state index in [2.05, 4.69) is 26.7 Å². The van der Waals surface area contributed by atoms with Crippen molar-refractivity contribution in [2.45, 2.75) is 90.8 Å². The highest BCUT2D eigenvalue weighted by Crippen LogP contribution is 2.47. The number of aromatic nitrogens is 2. The summed E-state index contributed by atoms with van der Waals surface area (Å²) in [5.74, 6) is -3.45. The molecule has 0 radical (unpaired) electrons. The third-order valence-electron chi connectivity index (χ3n) is 12.0. The summed E-state index contributed by atoms with van der Waals surface area (Å²) in [7, 11) is -3.75. The number of amides is 3. The minimum absolute atomic E-state index is 0.0414. The van der Waals surface area contributed by atoms with Crippen molar-refractivity contribution in [2.24, 2.45) is 5.92 Å². The van der Waals surface area contributed by atoms with Crippen LogP contribution in [0, 0.1) is 30.7 Å². The van der Waals surface area contributed by atoms with E-state index in [-0.39, 0.29) is 62.7 Å². The molecular weight excluding hydrogens is 850 g/mol. The number of hydrogen-bond donors (Lipinski definition) is 6. The molecular formula is C45H50FN6O11P. The van der Waals surface area contributed by atoms with Gasteiger partial charge in [0.05, 0.1) is 61.5 Å². The number of hydrogen-bond acceptors (Lipinski definition) is 12. The van der Waals surface area contributed by atoms with Gasteiger partial charge in [-0.1, -0.05) is 20.8 Å². The lowest BCUT2D eigenvalue weighted by Gasteiger charge is -2.31. The van der Waals surface area contributed by atoms with Crippen molar-refractivity contribution in [1.29, 1.82) is 0 Å². The van der Waals surface area contributed by atoms with E-state index in [9.17, 15) is 33.6 Å². The summed E-state index contributed by atoms with van der Waals surface area (Å²) in [6.45, 7) is 7.92. The van der Waals surface area contributed by atoms with Gasteiger partial charge in [0.25, 0.3) is 11.5 Å². The molecule has 2 aromatic carbocycles. The molecule has 7 rings (SSSR count). The number of aliphatic hydroxyl groups is 2. The number of ether oxygens (including phenoxy) is 2. The second-order valence-electron chi connectivity index (χ2n) is 16.4. The van der Waals surface area contributed by atoms with Crippen LogP contribution in [0.4, 0.5) is 10.1 Å². The fourth-order valence-corrected chi connectivity index (χ4v) is 9.51. The van der Waals surface area contributed by atoms with E-state index in [0.29, 0.717) is 57.5 Å². The lowest BCUT2D eigenvalue weighted by Crippen LogP contribution is -2.54. The van der Waals surface area contributed by atoms with E-state index in [1.54, 1.807) is 33.8 Å². The van der Waals surface area contributed by atoms with Gasteiger partial charge in [0.2, 0.25) is 11.8 Å². The molecule has 3 aliphatic rings. The molecule has 0 saturated heterocycles. The van der Waals surface area contributed by atoms with Gasteiger partial charge in [-0.15, -0.1) is 6.42 Å². The number of pyridine rings is 2. The molecule has 0 bridgehead atoms. The summed E-state index contributed by atoms with van der Waals surface area (Å²) in [5.41, 5.74) is 3.84. The first-order valence-electron chi connectivity index (χ1n) is 21.0. The van der Waals surface area contributed by atoms with Gasteiger partial charge < -0.3 is 49.8 Å². The molecule has 64 heavy (non-hydrogen) atoms. The summed E-state index contributed by atoms with van der Waals surface area (Å²) in [4.78, 5) is 72.7.